The first kappa shape index (κ1) is 17.3. The third kappa shape index (κ3) is 3.90. The third-order valence-electron chi connectivity index (χ3n) is 3.28. The Labute approximate surface area is 114 Å². The molecule has 0 saturated carbocycles. The number of hydrogen-bond acceptors (Lipinski definition) is 4. The van der Waals surface area contributed by atoms with Gasteiger partial charge >= 0.3 is 0 Å². The van der Waals surface area contributed by atoms with Crippen LogP contribution in [0, 0.1) is 5.41 Å². The summed E-state index contributed by atoms with van der Waals surface area (Å²) in [7, 11) is 3.14. The minimum atomic E-state index is -0.809. The second-order valence-electron chi connectivity index (χ2n) is 4.45. The summed E-state index contributed by atoms with van der Waals surface area (Å²) in [6, 6.07) is 0. The van der Waals surface area contributed by atoms with E-state index in [0.717, 1.165) is 0 Å². The summed E-state index contributed by atoms with van der Waals surface area (Å²) in [6.07, 6.45) is 0.409. The number of carbonyl (C=O) groups excluding carboxylic acids is 1. The van der Waals surface area contributed by atoms with E-state index >= 15 is 0 Å². The molecule has 0 heterocycles. The minimum absolute atomic E-state index is 0.143. The molecule has 0 spiro atoms. The minimum Gasteiger partial charge on any atom is -0.392 e. The number of carbonyl (C=O) groups is 1. The number of nitrogens with zero attached hydrogens (tertiary/aromatic N) is 1. The summed E-state index contributed by atoms with van der Waals surface area (Å²) in [4.78, 5) is 14.1. The van der Waals surface area contributed by atoms with E-state index in [0.29, 0.717) is 12.8 Å². The average Bonchev–Trinajstić information content (AvgIpc) is 2.30. The van der Waals surface area contributed by atoms with Crippen molar-refractivity contribution >= 4 is 23.1 Å². The first-order chi connectivity index (χ1) is 8.35. The Kier molecular flexibility index (Phi) is 7.35. The highest BCUT2D eigenvalue weighted by Crippen LogP contribution is 2.29. The van der Waals surface area contributed by atoms with Crippen LogP contribution in [0.2, 0.25) is 0 Å². The van der Waals surface area contributed by atoms with Crippen LogP contribution < -0.4 is 5.73 Å². The summed E-state index contributed by atoms with van der Waals surface area (Å²) >= 11 is 5.03. The summed E-state index contributed by atoms with van der Waals surface area (Å²) < 4.78 is 4.83. The molecule has 0 aliphatic carbocycles. The lowest BCUT2D eigenvalue weighted by Gasteiger charge is -2.34. The number of nitrogens with two attached hydrogens (primary N) is 1. The number of methoxy groups -OCH3 is 1. The molecule has 1 atom stereocenters. The lowest BCUT2D eigenvalue weighted by atomic mass is 9.80. The lowest BCUT2D eigenvalue weighted by Crippen LogP contribution is -2.50. The van der Waals surface area contributed by atoms with Crippen LogP contribution in [-0.2, 0) is 9.53 Å². The Morgan fingerprint density at radius 1 is 1.50 bits per heavy atom. The van der Waals surface area contributed by atoms with Crippen LogP contribution in [-0.4, -0.2) is 54.3 Å². The number of ether oxygens (including phenoxy) is 1. The van der Waals surface area contributed by atoms with E-state index in [9.17, 15) is 9.90 Å². The molecule has 0 saturated heterocycles. The molecule has 1 unspecified atom stereocenters. The van der Waals surface area contributed by atoms with Crippen molar-refractivity contribution in [3.05, 3.63) is 0 Å². The van der Waals surface area contributed by atoms with Crippen LogP contribution in [0.1, 0.15) is 26.7 Å². The highest BCUT2D eigenvalue weighted by atomic mass is 32.1. The molecule has 0 aliphatic rings. The van der Waals surface area contributed by atoms with E-state index in [-0.39, 0.29) is 24.0 Å². The van der Waals surface area contributed by atoms with Crippen LogP contribution in [0.4, 0.5) is 0 Å². The van der Waals surface area contributed by atoms with Crippen molar-refractivity contribution in [3.8, 4) is 0 Å². The molecule has 0 bridgehead atoms. The van der Waals surface area contributed by atoms with Gasteiger partial charge in [-0.3, -0.25) is 4.79 Å². The van der Waals surface area contributed by atoms with Crippen molar-refractivity contribution in [1.29, 1.82) is 0 Å². The zero-order valence-electron chi connectivity index (χ0n) is 11.6. The topological polar surface area (TPSA) is 75.8 Å². The molecule has 0 aliphatic heterocycles. The van der Waals surface area contributed by atoms with E-state index in [1.165, 1.54) is 12.0 Å². The molecule has 106 valence electrons. The van der Waals surface area contributed by atoms with Gasteiger partial charge < -0.3 is 20.5 Å². The van der Waals surface area contributed by atoms with Gasteiger partial charge in [-0.05, 0) is 12.8 Å². The average molecular weight is 276 g/mol. The summed E-state index contributed by atoms with van der Waals surface area (Å²) in [5.41, 5.74) is 4.91. The van der Waals surface area contributed by atoms with E-state index in [1.54, 1.807) is 7.05 Å². The van der Waals surface area contributed by atoms with Crippen LogP contribution >= 0.6 is 12.2 Å². The largest absolute Gasteiger partial charge is 0.392 e. The Morgan fingerprint density at radius 2 is 2.00 bits per heavy atom. The van der Waals surface area contributed by atoms with Crippen molar-refractivity contribution in [1.82, 2.24) is 4.90 Å². The molecule has 6 heteroatoms. The van der Waals surface area contributed by atoms with Gasteiger partial charge in [0.05, 0.1) is 23.1 Å². The molecule has 0 aromatic carbocycles. The Balaban J connectivity index is 4.83. The molecule has 5 nitrogen and oxygen atoms in total. The highest BCUT2D eigenvalue weighted by Gasteiger charge is 2.40. The maximum absolute atomic E-state index is 12.4. The number of likely N-dealkylation sites (N-methyl/N-ethyl adjacent to an activating group) is 1. The number of amides is 1. The number of aliphatic hydroxyl groups excluding tert-OH is 1. The summed E-state index contributed by atoms with van der Waals surface area (Å²) in [6.45, 7) is 4.17. The van der Waals surface area contributed by atoms with Crippen molar-refractivity contribution in [3.63, 3.8) is 0 Å². The van der Waals surface area contributed by atoms with Gasteiger partial charge in [0, 0.05) is 20.7 Å². The fourth-order valence-corrected chi connectivity index (χ4v) is 2.39. The fourth-order valence-electron chi connectivity index (χ4n) is 2.02. The molecule has 0 aromatic rings. The zero-order chi connectivity index (χ0) is 14.3. The van der Waals surface area contributed by atoms with Crippen molar-refractivity contribution in [2.24, 2.45) is 11.1 Å². The predicted octanol–water partition coefficient (Wildman–Crippen LogP) is 0.545. The summed E-state index contributed by atoms with van der Waals surface area (Å²) in [5.74, 6) is -0.143. The van der Waals surface area contributed by atoms with Gasteiger partial charge in [-0.2, -0.15) is 0 Å². The quantitative estimate of drug-likeness (QED) is 0.633. The standard InChI is InChI=1S/C12H24N2O3S/c1-5-12(6-2,10(13)18)11(16)14(3)7-9(15)8-17-4/h9,15H,5-8H2,1-4H3,(H2,13,18). The molecular weight excluding hydrogens is 252 g/mol. The van der Waals surface area contributed by atoms with Crippen molar-refractivity contribution < 1.29 is 14.6 Å². The van der Waals surface area contributed by atoms with Gasteiger partial charge in [0.25, 0.3) is 0 Å². The van der Waals surface area contributed by atoms with Gasteiger partial charge in [0.2, 0.25) is 5.91 Å². The SMILES string of the molecule is CCC(CC)(C(=O)N(C)CC(O)COC)C(N)=S. The van der Waals surface area contributed by atoms with Gasteiger partial charge in [-0.25, -0.2) is 0 Å². The Hall–Kier alpha value is -0.720. The lowest BCUT2D eigenvalue weighted by molar-refractivity contribution is -0.139. The second kappa shape index (κ2) is 7.66. The smallest absolute Gasteiger partial charge is 0.235 e. The maximum Gasteiger partial charge on any atom is 0.235 e. The fraction of sp³-hybridized carbons (Fsp3) is 0.833. The predicted molar refractivity (Wildman–Crippen MR) is 75.3 cm³/mol. The maximum atomic E-state index is 12.4. The molecule has 1 amide bonds. The molecule has 0 aromatic heterocycles. The number of aliphatic hydroxyl groups is 1. The van der Waals surface area contributed by atoms with Crippen LogP contribution in [0.15, 0.2) is 0 Å². The first-order valence-electron chi connectivity index (χ1n) is 6.08. The van der Waals surface area contributed by atoms with E-state index in [4.69, 9.17) is 22.7 Å². The van der Waals surface area contributed by atoms with Crippen molar-refractivity contribution in [2.45, 2.75) is 32.8 Å². The van der Waals surface area contributed by atoms with Crippen LogP contribution in [0.25, 0.3) is 0 Å². The Morgan fingerprint density at radius 3 is 2.33 bits per heavy atom. The van der Waals surface area contributed by atoms with Gasteiger partial charge in [0.1, 0.15) is 0 Å². The number of hydrogen-bond donors (Lipinski definition) is 2. The molecule has 0 rings (SSSR count). The third-order valence-corrected chi connectivity index (χ3v) is 3.67. The normalized spacial score (nSPS) is 13.2. The van der Waals surface area contributed by atoms with E-state index in [2.05, 4.69) is 0 Å². The summed E-state index contributed by atoms with van der Waals surface area (Å²) in [5, 5.41) is 9.64. The van der Waals surface area contributed by atoms with E-state index in [1.807, 2.05) is 13.8 Å². The monoisotopic (exact) mass is 276 g/mol. The van der Waals surface area contributed by atoms with Crippen LogP contribution in [0.5, 0.6) is 0 Å². The molecule has 18 heavy (non-hydrogen) atoms. The zero-order valence-corrected chi connectivity index (χ0v) is 12.4. The Bertz CT molecular complexity index is 293. The van der Waals surface area contributed by atoms with E-state index < -0.39 is 11.5 Å². The number of rotatable bonds is 8. The molecule has 0 fully saturated rings. The molecule has 0 radical (unpaired) electrons. The molecular formula is C12H24N2O3S. The highest BCUT2D eigenvalue weighted by molar-refractivity contribution is 7.80. The van der Waals surface area contributed by atoms with Gasteiger partial charge in [-0.1, -0.05) is 26.1 Å². The van der Waals surface area contributed by atoms with Crippen molar-refractivity contribution in [2.75, 3.05) is 27.3 Å². The second-order valence-corrected chi connectivity index (χ2v) is 4.89. The molecule has 3 N–H and O–H groups in total. The van der Waals surface area contributed by atoms with Gasteiger partial charge in [0.15, 0.2) is 0 Å². The first-order valence-corrected chi connectivity index (χ1v) is 6.49. The van der Waals surface area contributed by atoms with Gasteiger partial charge in [-0.15, -0.1) is 0 Å². The number of thiocarbonyl (C=S) groups is 1. The van der Waals surface area contributed by atoms with Crippen LogP contribution in [0.3, 0.4) is 0 Å².